The van der Waals surface area contributed by atoms with E-state index < -0.39 is 24.3 Å². The molecule has 0 radical (unpaired) electrons. The van der Waals surface area contributed by atoms with Crippen LogP contribution in [0.25, 0.3) is 44.9 Å². The van der Waals surface area contributed by atoms with Gasteiger partial charge in [-0.2, -0.15) is 0 Å². The van der Waals surface area contributed by atoms with Crippen molar-refractivity contribution in [3.05, 3.63) is 66.8 Å². The summed E-state index contributed by atoms with van der Waals surface area (Å²) >= 11 is 0. The third-order valence-corrected chi connectivity index (χ3v) is 10.9. The number of carbonyl (C=O) groups is 4. The molecule has 0 unspecified atom stereocenters. The number of nitrogens with zero attached hydrogens (tertiary/aromatic N) is 7. The van der Waals surface area contributed by atoms with E-state index in [9.17, 15) is 19.2 Å². The summed E-state index contributed by atoms with van der Waals surface area (Å²) in [7, 11) is 2.56. The summed E-state index contributed by atoms with van der Waals surface area (Å²) in [6, 6.07) is 7.90. The molecule has 0 spiro atoms. The lowest BCUT2D eigenvalue weighted by Gasteiger charge is -2.30. The van der Waals surface area contributed by atoms with E-state index in [1.54, 1.807) is 34.6 Å². The summed E-state index contributed by atoms with van der Waals surface area (Å²) in [5, 5.41) is 5.37. The van der Waals surface area contributed by atoms with Crippen LogP contribution in [0.15, 0.2) is 55.1 Å². The van der Waals surface area contributed by atoms with E-state index in [1.165, 1.54) is 14.2 Å². The van der Waals surface area contributed by atoms with Gasteiger partial charge in [-0.1, -0.05) is 52.0 Å². The highest BCUT2D eigenvalue weighted by atomic mass is 16.5. The summed E-state index contributed by atoms with van der Waals surface area (Å²) in [6.45, 7) is 8.70. The van der Waals surface area contributed by atoms with Gasteiger partial charge in [-0.05, 0) is 49.1 Å². The quantitative estimate of drug-likeness (QED) is 0.130. The number of likely N-dealkylation sites (tertiary alicyclic amines) is 2. The van der Waals surface area contributed by atoms with E-state index in [4.69, 9.17) is 14.5 Å². The van der Waals surface area contributed by atoms with Crippen LogP contribution in [0, 0.1) is 11.8 Å². The number of hydrogen-bond acceptors (Lipinski definition) is 11. The van der Waals surface area contributed by atoms with Crippen molar-refractivity contribution in [3.63, 3.8) is 0 Å². The molecule has 4 N–H and O–H groups in total. The van der Waals surface area contributed by atoms with Crippen molar-refractivity contribution < 1.29 is 28.7 Å². The average molecular weight is 792 g/mol. The summed E-state index contributed by atoms with van der Waals surface area (Å²) in [5.74, 6) is 0.795. The predicted octanol–water partition coefficient (Wildman–Crippen LogP) is 5.56. The molecule has 4 atom stereocenters. The number of aromatic nitrogens is 7. The van der Waals surface area contributed by atoms with Gasteiger partial charge < -0.3 is 39.9 Å². The lowest BCUT2D eigenvalue weighted by molar-refractivity contribution is -0.136. The molecule has 0 bridgehead atoms. The smallest absolute Gasteiger partial charge is 0.407 e. The maximum Gasteiger partial charge on any atom is 0.407 e. The van der Waals surface area contributed by atoms with Crippen LogP contribution in [-0.4, -0.2) is 108 Å². The molecule has 0 saturated carbocycles. The molecule has 4 amide bonds. The van der Waals surface area contributed by atoms with E-state index in [-0.39, 0.29) is 35.7 Å². The van der Waals surface area contributed by atoms with Crippen molar-refractivity contribution in [1.29, 1.82) is 0 Å². The Balaban J connectivity index is 1.02. The van der Waals surface area contributed by atoms with Crippen LogP contribution in [0.4, 0.5) is 9.59 Å². The molecule has 6 heterocycles. The third kappa shape index (κ3) is 8.19. The number of hydrogen-bond donors (Lipinski definition) is 4. The molecule has 1 aromatic carbocycles. The minimum Gasteiger partial charge on any atom is -0.453 e. The summed E-state index contributed by atoms with van der Waals surface area (Å²) in [6.07, 6.45) is 8.83. The molecule has 4 aromatic heterocycles. The lowest BCUT2D eigenvalue weighted by atomic mass is 10.0. The Bertz CT molecular complexity index is 2290. The van der Waals surface area contributed by atoms with Gasteiger partial charge >= 0.3 is 12.2 Å². The van der Waals surface area contributed by atoms with Gasteiger partial charge in [-0.25, -0.2) is 29.5 Å². The van der Waals surface area contributed by atoms with E-state index in [1.807, 2.05) is 58.0 Å². The maximum atomic E-state index is 13.6. The van der Waals surface area contributed by atoms with Crippen molar-refractivity contribution in [1.82, 2.24) is 55.3 Å². The summed E-state index contributed by atoms with van der Waals surface area (Å²) < 4.78 is 9.50. The normalized spacial score (nSPS) is 17.8. The number of pyridine rings is 1. The van der Waals surface area contributed by atoms with Crippen LogP contribution in [-0.2, 0) is 19.1 Å². The van der Waals surface area contributed by atoms with Crippen LogP contribution in [0.3, 0.4) is 0 Å². The zero-order valence-corrected chi connectivity index (χ0v) is 33.5. The highest BCUT2D eigenvalue weighted by Crippen LogP contribution is 2.35. The van der Waals surface area contributed by atoms with Crippen LogP contribution in [0.1, 0.15) is 77.1 Å². The topological polar surface area (TPSA) is 213 Å². The molecule has 7 rings (SSSR count). The Labute approximate surface area is 335 Å². The van der Waals surface area contributed by atoms with Crippen LogP contribution < -0.4 is 10.6 Å². The Kier molecular flexibility index (Phi) is 11.7. The van der Waals surface area contributed by atoms with Crippen molar-refractivity contribution >= 4 is 35.2 Å². The molecule has 58 heavy (non-hydrogen) atoms. The molecular weight excluding hydrogens is 743 g/mol. The average Bonchev–Trinajstić information content (AvgIpc) is 4.07. The van der Waals surface area contributed by atoms with Crippen molar-refractivity contribution in [3.8, 4) is 33.8 Å². The number of rotatable bonds is 11. The molecule has 304 valence electrons. The van der Waals surface area contributed by atoms with Crippen molar-refractivity contribution in [2.75, 3.05) is 27.3 Å². The van der Waals surface area contributed by atoms with Crippen LogP contribution >= 0.6 is 0 Å². The maximum absolute atomic E-state index is 13.6. The van der Waals surface area contributed by atoms with E-state index in [0.29, 0.717) is 41.6 Å². The number of alkyl carbamates (subject to hydrolysis) is 2. The Morgan fingerprint density at radius 3 is 1.67 bits per heavy atom. The number of ether oxygens (including phenoxy) is 2. The molecular formula is C41H49N11O6. The van der Waals surface area contributed by atoms with Crippen LogP contribution in [0.2, 0.25) is 0 Å². The van der Waals surface area contributed by atoms with Gasteiger partial charge in [0.1, 0.15) is 29.2 Å². The number of amides is 4. The number of methoxy groups -OCH3 is 2. The van der Waals surface area contributed by atoms with Gasteiger partial charge in [-0.15, -0.1) is 0 Å². The molecule has 0 aliphatic carbocycles. The first-order valence-corrected chi connectivity index (χ1v) is 19.6. The second-order valence-corrected chi connectivity index (χ2v) is 15.4. The standard InChI is InChI=1S/C41H49N11O6/c1-22(2)33(49-40(55)57-5)38(53)51-15-7-9-31(51)36-44-20-29(47-36)25-13-11-24(12-14-25)28-19-42-27-17-26(18-43-35(27)46-28)30-21-45-37(48-30)32-10-8-16-52(32)39(54)34(23(3)4)50-41(56)58-6/h11-14,17-23,31-34H,7-10,15-16H2,1-6H3,(H,44,47)(H,45,48)(H,49,55)(H,50,56)/t31-,32-,33-,34-/m0/s1. The fourth-order valence-electron chi connectivity index (χ4n) is 7.70. The number of H-pyrrole nitrogens is 2. The SMILES string of the molecule is COC(=O)N[C@H](C(=O)N1CCC[C@H]1c1ncc(-c2ccc(-c3cnc4cc(-c5cnc([C@@H]6CCCN6C(=O)[C@@H](NC(=O)OC)C(C)C)[nH]5)cnc4n3)cc2)[nH]1)C(C)C. The number of nitrogens with one attached hydrogen (secondary N) is 4. The van der Waals surface area contributed by atoms with Gasteiger partial charge in [0, 0.05) is 30.4 Å². The first-order chi connectivity index (χ1) is 27.9. The zero-order chi connectivity index (χ0) is 41.1. The van der Waals surface area contributed by atoms with Crippen molar-refractivity contribution in [2.45, 2.75) is 77.5 Å². The first kappa shape index (κ1) is 39.8. The largest absolute Gasteiger partial charge is 0.453 e. The third-order valence-electron chi connectivity index (χ3n) is 10.9. The highest BCUT2D eigenvalue weighted by molar-refractivity contribution is 5.87. The van der Waals surface area contributed by atoms with Gasteiger partial charge in [0.25, 0.3) is 0 Å². The summed E-state index contributed by atoms with van der Waals surface area (Å²) in [4.78, 5) is 84.8. The number of carbonyl (C=O) groups excluding carboxylic acids is 4. The number of imidazole rings is 2. The fraction of sp³-hybridized carbons (Fsp3) is 0.439. The minimum absolute atomic E-state index is 0.117. The zero-order valence-electron chi connectivity index (χ0n) is 33.5. The van der Waals surface area contributed by atoms with Crippen LogP contribution in [0.5, 0.6) is 0 Å². The molecule has 5 aromatic rings. The van der Waals surface area contributed by atoms with E-state index >= 15 is 0 Å². The number of fused-ring (bicyclic) bond motifs is 1. The monoisotopic (exact) mass is 791 g/mol. The molecule has 17 nitrogen and oxygen atoms in total. The van der Waals surface area contributed by atoms with Gasteiger partial charge in [-0.3, -0.25) is 14.6 Å². The molecule has 2 fully saturated rings. The Hall–Kier alpha value is -6.39. The van der Waals surface area contributed by atoms with Gasteiger partial charge in [0.05, 0.1) is 62.0 Å². The van der Waals surface area contributed by atoms with Gasteiger partial charge in [0.2, 0.25) is 11.8 Å². The first-order valence-electron chi connectivity index (χ1n) is 19.6. The Morgan fingerprint density at radius 2 is 1.17 bits per heavy atom. The van der Waals surface area contributed by atoms with E-state index in [2.05, 4.69) is 40.5 Å². The number of aromatic amines is 2. The fourth-order valence-corrected chi connectivity index (χ4v) is 7.70. The minimum atomic E-state index is -0.713. The molecule has 2 saturated heterocycles. The molecule has 17 heteroatoms. The lowest BCUT2D eigenvalue weighted by Crippen LogP contribution is -2.51. The second kappa shape index (κ2) is 17.0. The molecule has 2 aliphatic heterocycles. The van der Waals surface area contributed by atoms with Crippen molar-refractivity contribution in [2.24, 2.45) is 11.8 Å². The predicted molar refractivity (Wildman–Crippen MR) is 214 cm³/mol. The van der Waals surface area contributed by atoms with Gasteiger partial charge in [0.15, 0.2) is 5.65 Å². The number of benzene rings is 1. The second-order valence-electron chi connectivity index (χ2n) is 15.4. The molecule has 2 aliphatic rings. The Morgan fingerprint density at radius 1 is 0.672 bits per heavy atom. The van der Waals surface area contributed by atoms with E-state index in [0.717, 1.165) is 53.8 Å². The highest BCUT2D eigenvalue weighted by Gasteiger charge is 2.39. The summed E-state index contributed by atoms with van der Waals surface area (Å²) in [5.41, 5.74) is 5.90.